The fourth-order valence-electron chi connectivity index (χ4n) is 0.859. The highest BCUT2D eigenvalue weighted by Crippen LogP contribution is 2.06. The Hall–Kier alpha value is -2.42. The lowest BCUT2D eigenvalue weighted by atomic mass is 10.2. The van der Waals surface area contributed by atoms with Gasteiger partial charge in [-0.05, 0) is 0 Å². The fourth-order valence-corrected chi connectivity index (χ4v) is 0.859. The van der Waals surface area contributed by atoms with Gasteiger partial charge in [-0.1, -0.05) is 11.8 Å². The average Bonchev–Trinajstić information content (AvgIpc) is 2.20. The molecule has 0 atom stereocenters. The number of pyridine rings is 1. The maximum Gasteiger partial charge on any atom is 0.286 e. The zero-order valence-electron chi connectivity index (χ0n) is 7.52. The van der Waals surface area contributed by atoms with E-state index >= 15 is 0 Å². The van der Waals surface area contributed by atoms with Crippen molar-refractivity contribution < 1.29 is 9.72 Å². The van der Waals surface area contributed by atoms with Crippen LogP contribution in [0.2, 0.25) is 0 Å². The summed E-state index contributed by atoms with van der Waals surface area (Å²) in [4.78, 5) is 33.0. The van der Waals surface area contributed by atoms with Crippen molar-refractivity contribution in [3.63, 3.8) is 0 Å². The summed E-state index contributed by atoms with van der Waals surface area (Å²) >= 11 is 0. The van der Waals surface area contributed by atoms with Crippen molar-refractivity contribution in [2.45, 2.75) is 6.42 Å². The number of H-pyrrole nitrogens is 1. The highest BCUT2D eigenvalue weighted by Gasteiger charge is 2.07. The van der Waals surface area contributed by atoms with Gasteiger partial charge in [0, 0.05) is 6.07 Å². The molecule has 1 aromatic rings. The summed E-state index contributed by atoms with van der Waals surface area (Å²) in [7, 11) is 0. The molecule has 76 valence electrons. The molecule has 0 aromatic carbocycles. The highest BCUT2D eigenvalue weighted by atomic mass is 16.6. The lowest BCUT2D eigenvalue weighted by molar-refractivity contribution is -0.385. The number of rotatable bonds is 2. The first kappa shape index (κ1) is 10.7. The fraction of sp³-hybridized carbons (Fsp3) is 0.111. The van der Waals surface area contributed by atoms with Crippen molar-refractivity contribution in [3.8, 4) is 11.8 Å². The molecule has 0 unspecified atom stereocenters. The van der Waals surface area contributed by atoms with E-state index in [-0.39, 0.29) is 17.7 Å². The van der Waals surface area contributed by atoms with Crippen LogP contribution < -0.4 is 5.56 Å². The van der Waals surface area contributed by atoms with Crippen LogP contribution in [-0.2, 0) is 4.79 Å². The Morgan fingerprint density at radius 1 is 1.60 bits per heavy atom. The molecular weight excluding hydrogens is 200 g/mol. The Kier molecular flexibility index (Phi) is 3.35. The van der Waals surface area contributed by atoms with Gasteiger partial charge in [-0.3, -0.25) is 14.9 Å². The van der Waals surface area contributed by atoms with E-state index in [2.05, 4.69) is 16.8 Å². The van der Waals surface area contributed by atoms with Gasteiger partial charge >= 0.3 is 0 Å². The molecule has 0 radical (unpaired) electrons. The third kappa shape index (κ3) is 2.77. The molecule has 0 aliphatic rings. The Balaban J connectivity index is 3.13. The summed E-state index contributed by atoms with van der Waals surface area (Å²) in [5, 5.41) is 10.4. The number of aldehydes is 1. The highest BCUT2D eigenvalue weighted by molar-refractivity contribution is 5.55. The monoisotopic (exact) mass is 206 g/mol. The van der Waals surface area contributed by atoms with E-state index in [1.807, 2.05) is 0 Å². The van der Waals surface area contributed by atoms with Crippen LogP contribution in [0.1, 0.15) is 12.0 Å². The molecule has 1 rings (SSSR count). The Morgan fingerprint density at radius 2 is 2.33 bits per heavy atom. The summed E-state index contributed by atoms with van der Waals surface area (Å²) in [6, 6.07) is 1.07. The first-order valence-corrected chi connectivity index (χ1v) is 3.95. The van der Waals surface area contributed by atoms with Crippen LogP contribution in [0.25, 0.3) is 0 Å². The molecule has 0 aliphatic carbocycles. The predicted molar refractivity (Wildman–Crippen MR) is 51.3 cm³/mol. The van der Waals surface area contributed by atoms with Crippen molar-refractivity contribution in [1.82, 2.24) is 4.98 Å². The quantitative estimate of drug-likeness (QED) is 0.324. The van der Waals surface area contributed by atoms with E-state index in [4.69, 9.17) is 0 Å². The maximum atomic E-state index is 11.1. The number of aromatic amines is 1. The van der Waals surface area contributed by atoms with Gasteiger partial charge in [-0.15, -0.1) is 0 Å². The Labute approximate surface area is 84.1 Å². The normalized spacial score (nSPS) is 8.80. The van der Waals surface area contributed by atoms with Gasteiger partial charge in [0.15, 0.2) is 0 Å². The number of nitrogens with one attached hydrogen (secondary N) is 1. The average molecular weight is 206 g/mol. The summed E-state index contributed by atoms with van der Waals surface area (Å²) in [5.74, 6) is 4.78. The second-order valence-corrected chi connectivity index (χ2v) is 2.53. The first-order chi connectivity index (χ1) is 7.15. The van der Waals surface area contributed by atoms with Crippen molar-refractivity contribution in [3.05, 3.63) is 38.3 Å². The van der Waals surface area contributed by atoms with Crippen LogP contribution in [0.15, 0.2) is 17.1 Å². The smallest absolute Gasteiger partial charge is 0.286 e. The number of hydrogen-bond donors (Lipinski definition) is 1. The lowest BCUT2D eigenvalue weighted by Crippen LogP contribution is -2.09. The molecule has 0 saturated heterocycles. The molecule has 0 bridgehead atoms. The van der Waals surface area contributed by atoms with Crippen molar-refractivity contribution in [2.24, 2.45) is 0 Å². The number of nitro groups is 1. The standard InChI is InChI=1S/C9H6N2O4/c12-4-2-1-3-7-5-8(11(14)15)6-10-9(7)13/h4-6H,2H2,(H,10,13). The van der Waals surface area contributed by atoms with Gasteiger partial charge in [0.25, 0.3) is 11.2 Å². The second kappa shape index (κ2) is 4.72. The molecule has 1 N–H and O–H groups in total. The van der Waals surface area contributed by atoms with E-state index in [0.717, 1.165) is 12.3 Å². The van der Waals surface area contributed by atoms with Gasteiger partial charge < -0.3 is 9.78 Å². The van der Waals surface area contributed by atoms with Crippen molar-refractivity contribution in [2.75, 3.05) is 0 Å². The van der Waals surface area contributed by atoms with E-state index in [1.165, 1.54) is 0 Å². The van der Waals surface area contributed by atoms with Gasteiger partial charge in [-0.25, -0.2) is 0 Å². The molecule has 0 spiro atoms. The van der Waals surface area contributed by atoms with Crippen LogP contribution >= 0.6 is 0 Å². The minimum absolute atomic E-state index is 0.0118. The van der Waals surface area contributed by atoms with E-state index in [1.54, 1.807) is 0 Å². The summed E-state index contributed by atoms with van der Waals surface area (Å²) < 4.78 is 0. The summed E-state index contributed by atoms with van der Waals surface area (Å²) in [6.45, 7) is 0. The SMILES string of the molecule is O=CCC#Cc1cc([N+](=O)[O-])c[nH]c1=O. The molecule has 0 aliphatic heterocycles. The van der Waals surface area contributed by atoms with Crippen LogP contribution in [0.3, 0.4) is 0 Å². The summed E-state index contributed by atoms with van der Waals surface area (Å²) in [5.41, 5.74) is -0.782. The minimum Gasteiger partial charge on any atom is -0.322 e. The van der Waals surface area contributed by atoms with Crippen LogP contribution in [0.5, 0.6) is 0 Å². The Morgan fingerprint density at radius 3 is 2.93 bits per heavy atom. The van der Waals surface area contributed by atoms with Gasteiger partial charge in [0.05, 0.1) is 23.1 Å². The zero-order chi connectivity index (χ0) is 11.3. The third-order valence-electron chi connectivity index (χ3n) is 1.51. The first-order valence-electron chi connectivity index (χ1n) is 3.95. The van der Waals surface area contributed by atoms with Gasteiger partial charge in [0.2, 0.25) is 0 Å². The molecule has 1 aromatic heterocycles. The second-order valence-electron chi connectivity index (χ2n) is 2.53. The maximum absolute atomic E-state index is 11.1. The summed E-state index contributed by atoms with van der Waals surface area (Å²) in [6.07, 6.45) is 1.56. The van der Waals surface area contributed by atoms with Crippen LogP contribution in [-0.4, -0.2) is 16.2 Å². The van der Waals surface area contributed by atoms with Gasteiger partial charge in [0.1, 0.15) is 6.29 Å². The zero-order valence-corrected chi connectivity index (χ0v) is 7.52. The minimum atomic E-state index is -0.638. The van der Waals surface area contributed by atoms with Crippen molar-refractivity contribution in [1.29, 1.82) is 0 Å². The number of hydrogen-bond acceptors (Lipinski definition) is 4. The topological polar surface area (TPSA) is 93.1 Å². The molecule has 0 fully saturated rings. The van der Waals surface area contributed by atoms with Gasteiger partial charge in [-0.2, -0.15) is 0 Å². The number of nitrogens with zero attached hydrogens (tertiary/aromatic N) is 1. The molecule has 6 heteroatoms. The number of carbonyl (C=O) groups is 1. The van der Waals surface area contributed by atoms with E-state index in [9.17, 15) is 19.7 Å². The predicted octanol–water partition coefficient (Wildman–Crippen LogP) is 0.224. The molecule has 0 saturated carbocycles. The molecule has 0 amide bonds. The van der Waals surface area contributed by atoms with E-state index < -0.39 is 10.5 Å². The number of aromatic nitrogens is 1. The number of carbonyl (C=O) groups excluding carboxylic acids is 1. The molecule has 15 heavy (non-hydrogen) atoms. The largest absolute Gasteiger partial charge is 0.322 e. The third-order valence-corrected chi connectivity index (χ3v) is 1.51. The van der Waals surface area contributed by atoms with Crippen LogP contribution in [0.4, 0.5) is 5.69 Å². The molecule has 1 heterocycles. The Bertz CT molecular complexity index is 507. The molecular formula is C9H6N2O4. The van der Waals surface area contributed by atoms with Crippen molar-refractivity contribution >= 4 is 12.0 Å². The van der Waals surface area contributed by atoms with E-state index in [0.29, 0.717) is 6.29 Å². The lowest BCUT2D eigenvalue weighted by Gasteiger charge is -1.91. The van der Waals surface area contributed by atoms with Crippen LogP contribution in [0, 0.1) is 22.0 Å². The molecule has 6 nitrogen and oxygen atoms in total.